The zero-order chi connectivity index (χ0) is 30.6. The first-order chi connectivity index (χ1) is 16.5. The Morgan fingerprint density at radius 2 is 0.737 bits per heavy atom. The van der Waals surface area contributed by atoms with Crippen LogP contribution in [0, 0.1) is 0 Å². The minimum Gasteiger partial charge on any atom is -0.321 e. The summed E-state index contributed by atoms with van der Waals surface area (Å²) in [6.07, 6.45) is -14.6. The summed E-state index contributed by atoms with van der Waals surface area (Å²) in [7, 11) is 0. The van der Waals surface area contributed by atoms with E-state index in [1.807, 2.05) is 0 Å². The zero-order valence-corrected chi connectivity index (χ0v) is 16.9. The van der Waals surface area contributed by atoms with E-state index in [0.29, 0.717) is 16.7 Å². The molecule has 0 fully saturated rings. The zero-order valence-electron chi connectivity index (χ0n) is 16.9. The number of rotatable bonds is 8. The molecule has 0 spiro atoms. The minimum absolute atomic E-state index is 0.123. The van der Waals surface area contributed by atoms with Gasteiger partial charge in [-0.2, -0.15) is 79.0 Å². The summed E-state index contributed by atoms with van der Waals surface area (Å²) in [5, 5.41) is 1.23. The van der Waals surface area contributed by atoms with Crippen molar-refractivity contribution in [1.82, 2.24) is 0 Å². The van der Waals surface area contributed by atoms with E-state index in [9.17, 15) is 88.6 Å². The van der Waals surface area contributed by atoms with Gasteiger partial charge >= 0.3 is 59.7 Å². The molecule has 0 aliphatic heterocycles. The van der Waals surface area contributed by atoms with Crippen molar-refractivity contribution in [3.05, 3.63) is 24.3 Å². The van der Waals surface area contributed by atoms with Gasteiger partial charge in [-0.05, 0) is 18.2 Å². The van der Waals surface area contributed by atoms with Gasteiger partial charge in [0.25, 0.3) is 0 Å². The summed E-state index contributed by atoms with van der Waals surface area (Å²) < 4.78 is 231. The topological polar surface area (TPSA) is 58.2 Å². The lowest BCUT2D eigenvalue weighted by Gasteiger charge is -2.33. The van der Waals surface area contributed by atoms with Crippen LogP contribution in [0.25, 0.3) is 0 Å². The van der Waals surface area contributed by atoms with E-state index in [1.54, 1.807) is 0 Å². The third-order valence-corrected chi connectivity index (χ3v) is 4.24. The molecule has 38 heavy (non-hydrogen) atoms. The number of amides is 2. The average Bonchev–Trinajstić information content (AvgIpc) is 2.71. The number of anilines is 2. The van der Waals surface area contributed by atoms with Gasteiger partial charge in [-0.15, -0.1) is 0 Å². The van der Waals surface area contributed by atoms with Crippen LogP contribution in [0.15, 0.2) is 24.3 Å². The Labute approximate surface area is 195 Å². The molecule has 0 atom stereocenters. The maximum absolute atomic E-state index is 13.6. The normalized spacial score (nSPS) is 14.8. The fourth-order valence-electron chi connectivity index (χ4n) is 2.13. The molecule has 0 radical (unpaired) electrons. The van der Waals surface area contributed by atoms with E-state index in [-0.39, 0.29) is 18.2 Å². The molecule has 0 bridgehead atoms. The third kappa shape index (κ3) is 5.12. The predicted octanol–water partition coefficient (Wildman–Crippen LogP) is 6.50. The Balaban J connectivity index is 3.25. The van der Waals surface area contributed by atoms with Gasteiger partial charge in [0.05, 0.1) is 0 Å². The standard InChI is InChI=1S/C16H6F18N2O2/c17-9(18,11(21,22)13(25,26)15(29,30)31)7(37)35-5-2-1-3-6(4-5)36-8(38)10(19,20)12(23,24)14(27,28)16(32,33)34/h1-4H,(H,35,37)(H,36,38). The van der Waals surface area contributed by atoms with E-state index in [2.05, 4.69) is 0 Å². The third-order valence-electron chi connectivity index (χ3n) is 4.24. The molecule has 0 unspecified atom stereocenters. The average molecular weight is 600 g/mol. The summed E-state index contributed by atoms with van der Waals surface area (Å²) in [6.45, 7) is 0. The van der Waals surface area contributed by atoms with Crippen molar-refractivity contribution in [2.24, 2.45) is 0 Å². The number of nitrogens with one attached hydrogen (secondary N) is 2. The van der Waals surface area contributed by atoms with Crippen molar-refractivity contribution >= 4 is 23.2 Å². The van der Waals surface area contributed by atoms with Gasteiger partial charge in [0.2, 0.25) is 0 Å². The molecule has 1 rings (SSSR count). The summed E-state index contributed by atoms with van der Waals surface area (Å²) in [5.74, 6) is -50.8. The van der Waals surface area contributed by atoms with Gasteiger partial charge in [-0.25, -0.2) is 0 Å². The van der Waals surface area contributed by atoms with E-state index >= 15 is 0 Å². The molecule has 0 aliphatic carbocycles. The minimum atomic E-state index is -7.49. The van der Waals surface area contributed by atoms with Crippen LogP contribution in [0.4, 0.5) is 90.4 Å². The number of halogens is 18. The Kier molecular flexibility index (Phi) is 8.04. The van der Waals surface area contributed by atoms with Crippen molar-refractivity contribution in [2.45, 2.75) is 47.9 Å². The molecule has 22 heteroatoms. The molecule has 1 aromatic rings. The quantitative estimate of drug-likeness (QED) is 0.335. The first-order valence-electron chi connectivity index (χ1n) is 8.63. The van der Waals surface area contributed by atoms with Crippen molar-refractivity contribution in [3.63, 3.8) is 0 Å². The molecule has 1 aromatic carbocycles. The highest BCUT2D eigenvalue weighted by Crippen LogP contribution is 2.54. The van der Waals surface area contributed by atoms with Gasteiger partial charge in [0, 0.05) is 11.4 Å². The highest BCUT2D eigenvalue weighted by atomic mass is 19.4. The van der Waals surface area contributed by atoms with Crippen LogP contribution >= 0.6 is 0 Å². The number of alkyl halides is 18. The number of hydrogen-bond donors (Lipinski definition) is 2. The molecule has 2 N–H and O–H groups in total. The summed E-state index contributed by atoms with van der Waals surface area (Å²) >= 11 is 0. The van der Waals surface area contributed by atoms with Crippen molar-refractivity contribution in [1.29, 1.82) is 0 Å². The molecular weight excluding hydrogens is 594 g/mol. The van der Waals surface area contributed by atoms with Crippen molar-refractivity contribution in [3.8, 4) is 0 Å². The second-order valence-electron chi connectivity index (χ2n) is 6.93. The molecule has 0 aromatic heterocycles. The maximum Gasteiger partial charge on any atom is 0.460 e. The van der Waals surface area contributed by atoms with Crippen LogP contribution in [-0.2, 0) is 9.59 Å². The van der Waals surface area contributed by atoms with Crippen molar-refractivity contribution < 1.29 is 88.6 Å². The molecular formula is C16H6F18N2O2. The second-order valence-corrected chi connectivity index (χ2v) is 6.93. The van der Waals surface area contributed by atoms with Gasteiger partial charge in [-0.3, -0.25) is 9.59 Å². The highest BCUT2D eigenvalue weighted by Gasteiger charge is 2.85. The molecule has 4 nitrogen and oxygen atoms in total. The fourth-order valence-corrected chi connectivity index (χ4v) is 2.13. The van der Waals surface area contributed by atoms with Gasteiger partial charge < -0.3 is 10.6 Å². The second kappa shape index (κ2) is 9.27. The van der Waals surface area contributed by atoms with Crippen molar-refractivity contribution in [2.75, 3.05) is 10.6 Å². The van der Waals surface area contributed by atoms with Gasteiger partial charge in [-0.1, -0.05) is 6.07 Å². The van der Waals surface area contributed by atoms with Gasteiger partial charge in [0.15, 0.2) is 0 Å². The number of carbonyl (C=O) groups is 2. The Bertz CT molecular complexity index is 980. The van der Waals surface area contributed by atoms with Gasteiger partial charge in [0.1, 0.15) is 0 Å². The first-order valence-corrected chi connectivity index (χ1v) is 8.63. The van der Waals surface area contributed by atoms with Crippen LogP contribution in [0.3, 0.4) is 0 Å². The Morgan fingerprint density at radius 1 is 0.474 bits per heavy atom. The lowest BCUT2D eigenvalue weighted by atomic mass is 10.0. The Hall–Kier alpha value is -3.10. The van der Waals surface area contributed by atoms with E-state index in [1.165, 1.54) is 0 Å². The Morgan fingerprint density at radius 3 is 0.974 bits per heavy atom. The number of carbonyl (C=O) groups excluding carboxylic acids is 2. The molecule has 2 amide bonds. The molecule has 0 saturated carbocycles. The molecule has 218 valence electrons. The predicted molar refractivity (Wildman–Crippen MR) is 85.5 cm³/mol. The van der Waals surface area contributed by atoms with E-state index in [0.717, 1.165) is 0 Å². The van der Waals surface area contributed by atoms with Crippen LogP contribution in [-0.4, -0.2) is 59.7 Å². The van der Waals surface area contributed by atoms with E-state index < -0.39 is 71.1 Å². The molecule has 0 saturated heterocycles. The van der Waals surface area contributed by atoms with Crippen LogP contribution in [0.1, 0.15) is 0 Å². The SMILES string of the molecule is O=C(Nc1cccc(NC(=O)C(F)(F)C(F)(F)C(F)(F)C(F)(F)F)c1)C(F)(F)C(F)(F)C(F)(F)C(F)(F)F. The smallest absolute Gasteiger partial charge is 0.321 e. The van der Waals surface area contributed by atoms with Crippen LogP contribution < -0.4 is 10.6 Å². The summed E-state index contributed by atoms with van der Waals surface area (Å²) in [6, 6.07) is 0.803. The lowest BCUT2D eigenvalue weighted by Crippen LogP contribution is -2.64. The lowest BCUT2D eigenvalue weighted by molar-refractivity contribution is -0.388. The maximum atomic E-state index is 13.6. The highest BCUT2D eigenvalue weighted by molar-refractivity contribution is 5.99. The van der Waals surface area contributed by atoms with Crippen LogP contribution in [0.2, 0.25) is 0 Å². The molecule has 0 heterocycles. The molecule has 0 aliphatic rings. The van der Waals surface area contributed by atoms with E-state index in [4.69, 9.17) is 0 Å². The summed E-state index contributed by atoms with van der Waals surface area (Å²) in [4.78, 5) is 22.7. The fraction of sp³-hybridized carbons (Fsp3) is 0.500. The number of hydrogen-bond acceptors (Lipinski definition) is 2. The monoisotopic (exact) mass is 600 g/mol. The largest absolute Gasteiger partial charge is 0.460 e. The summed E-state index contributed by atoms with van der Waals surface area (Å²) in [5.41, 5.74) is -2.84. The van der Waals surface area contributed by atoms with Crippen LogP contribution in [0.5, 0.6) is 0 Å². The number of benzene rings is 1. The first kappa shape index (κ1) is 32.9.